The summed E-state index contributed by atoms with van der Waals surface area (Å²) in [7, 11) is 0. The van der Waals surface area contributed by atoms with Crippen LogP contribution in [0.2, 0.25) is 0 Å². The monoisotopic (exact) mass is 370 g/mol. The molecule has 0 radical (unpaired) electrons. The van der Waals surface area contributed by atoms with Gasteiger partial charge in [-0.15, -0.1) is 10.2 Å². The van der Waals surface area contributed by atoms with Crippen molar-refractivity contribution in [3.8, 4) is 0 Å². The molecule has 2 fully saturated rings. The van der Waals surface area contributed by atoms with E-state index in [-0.39, 0.29) is 24.3 Å². The highest BCUT2D eigenvalue weighted by Gasteiger charge is 2.23. The minimum absolute atomic E-state index is 0.134. The molecule has 7 nitrogen and oxygen atoms in total. The summed E-state index contributed by atoms with van der Waals surface area (Å²) in [5, 5.41) is 15.2. The molecule has 132 valence electrons. The van der Waals surface area contributed by atoms with Crippen LogP contribution in [0.4, 0.5) is 5.13 Å². The molecule has 2 saturated carbocycles. The molecule has 0 aliphatic heterocycles. The molecule has 0 atom stereocenters. The Bertz CT molecular complexity index is 571. The Balaban J connectivity index is 1.33. The molecular weight excluding hydrogens is 348 g/mol. The van der Waals surface area contributed by atoms with E-state index in [9.17, 15) is 9.59 Å². The van der Waals surface area contributed by atoms with Gasteiger partial charge in [-0.05, 0) is 25.7 Å². The molecule has 2 aliphatic carbocycles. The molecule has 0 unspecified atom stereocenters. The summed E-state index contributed by atoms with van der Waals surface area (Å²) in [6.45, 7) is -0.208. The Kier molecular flexibility index (Phi) is 6.30. The van der Waals surface area contributed by atoms with Crippen molar-refractivity contribution in [3.63, 3.8) is 0 Å². The number of aromatic nitrogens is 2. The average molecular weight is 371 g/mol. The summed E-state index contributed by atoms with van der Waals surface area (Å²) in [5.74, 6) is -0.511. The Morgan fingerprint density at radius 3 is 2.67 bits per heavy atom. The van der Waals surface area contributed by atoms with Crippen LogP contribution in [-0.4, -0.2) is 46.5 Å². The van der Waals surface area contributed by atoms with Crippen molar-refractivity contribution in [2.24, 2.45) is 0 Å². The van der Waals surface area contributed by atoms with Crippen LogP contribution in [0, 0.1) is 0 Å². The summed E-state index contributed by atoms with van der Waals surface area (Å²) in [5.41, 5.74) is 0. The summed E-state index contributed by atoms with van der Waals surface area (Å²) >= 11 is 2.74. The lowest BCUT2D eigenvalue weighted by Gasteiger charge is -2.21. The van der Waals surface area contributed by atoms with Crippen molar-refractivity contribution in [2.45, 2.75) is 61.4 Å². The van der Waals surface area contributed by atoms with Gasteiger partial charge in [-0.1, -0.05) is 42.4 Å². The van der Waals surface area contributed by atoms with E-state index in [1.165, 1.54) is 55.2 Å². The van der Waals surface area contributed by atoms with Gasteiger partial charge in [-0.2, -0.15) is 0 Å². The van der Waals surface area contributed by atoms with Crippen LogP contribution < -0.4 is 10.6 Å². The number of esters is 1. The Morgan fingerprint density at radius 2 is 1.92 bits per heavy atom. The first kappa shape index (κ1) is 17.5. The second kappa shape index (κ2) is 8.66. The lowest BCUT2D eigenvalue weighted by Crippen LogP contribution is -2.30. The van der Waals surface area contributed by atoms with Gasteiger partial charge in [0.1, 0.15) is 0 Å². The number of hydrogen-bond acceptors (Lipinski definition) is 8. The molecule has 1 aromatic heterocycles. The van der Waals surface area contributed by atoms with E-state index >= 15 is 0 Å². The van der Waals surface area contributed by atoms with E-state index in [0.29, 0.717) is 6.04 Å². The van der Waals surface area contributed by atoms with Gasteiger partial charge in [0, 0.05) is 12.1 Å². The molecule has 0 bridgehead atoms. The van der Waals surface area contributed by atoms with Crippen molar-refractivity contribution in [1.82, 2.24) is 15.5 Å². The van der Waals surface area contributed by atoms with E-state index in [0.717, 1.165) is 22.3 Å². The highest BCUT2D eigenvalue weighted by molar-refractivity contribution is 8.01. The zero-order chi connectivity index (χ0) is 16.8. The van der Waals surface area contributed by atoms with Crippen molar-refractivity contribution < 1.29 is 14.3 Å². The molecule has 0 aromatic carbocycles. The third-order valence-corrected chi connectivity index (χ3v) is 5.92. The van der Waals surface area contributed by atoms with E-state index in [1.807, 2.05) is 0 Å². The second-order valence-corrected chi connectivity index (χ2v) is 8.34. The number of amides is 1. The quantitative estimate of drug-likeness (QED) is 0.535. The molecule has 24 heavy (non-hydrogen) atoms. The van der Waals surface area contributed by atoms with Crippen molar-refractivity contribution >= 4 is 40.1 Å². The van der Waals surface area contributed by atoms with Crippen LogP contribution >= 0.6 is 23.1 Å². The maximum atomic E-state index is 11.7. The lowest BCUT2D eigenvalue weighted by atomic mass is 9.96. The SMILES string of the molecule is O=C(COC(=O)CSc1nnc(NC2CCCCC2)s1)NC1CC1. The molecule has 0 saturated heterocycles. The van der Waals surface area contributed by atoms with Crippen LogP contribution in [0.5, 0.6) is 0 Å². The van der Waals surface area contributed by atoms with Crippen LogP contribution in [0.3, 0.4) is 0 Å². The van der Waals surface area contributed by atoms with Gasteiger partial charge in [0.05, 0.1) is 5.75 Å². The predicted molar refractivity (Wildman–Crippen MR) is 93.3 cm³/mol. The third-order valence-electron chi connectivity index (χ3n) is 3.96. The number of ether oxygens (including phenoxy) is 1. The first-order valence-electron chi connectivity index (χ1n) is 8.37. The Hall–Kier alpha value is -1.35. The highest BCUT2D eigenvalue weighted by Crippen LogP contribution is 2.28. The van der Waals surface area contributed by atoms with Gasteiger partial charge in [0.25, 0.3) is 5.91 Å². The Labute approximate surface area is 149 Å². The fraction of sp³-hybridized carbons (Fsp3) is 0.733. The summed E-state index contributed by atoms with van der Waals surface area (Å²) in [6, 6.07) is 0.765. The fourth-order valence-electron chi connectivity index (χ4n) is 2.55. The topological polar surface area (TPSA) is 93.2 Å². The number of carbonyl (C=O) groups is 2. The third kappa shape index (κ3) is 5.94. The molecule has 2 N–H and O–H groups in total. The zero-order valence-corrected chi connectivity index (χ0v) is 15.1. The van der Waals surface area contributed by atoms with Crippen molar-refractivity contribution in [3.05, 3.63) is 0 Å². The van der Waals surface area contributed by atoms with Gasteiger partial charge in [0.15, 0.2) is 10.9 Å². The Morgan fingerprint density at radius 1 is 1.12 bits per heavy atom. The largest absolute Gasteiger partial charge is 0.455 e. The van der Waals surface area contributed by atoms with Crippen LogP contribution in [0.15, 0.2) is 4.34 Å². The zero-order valence-electron chi connectivity index (χ0n) is 13.5. The minimum Gasteiger partial charge on any atom is -0.455 e. The molecule has 1 heterocycles. The van der Waals surface area contributed by atoms with Crippen LogP contribution in [-0.2, 0) is 14.3 Å². The van der Waals surface area contributed by atoms with E-state index in [2.05, 4.69) is 20.8 Å². The molecule has 9 heteroatoms. The van der Waals surface area contributed by atoms with Crippen molar-refractivity contribution in [1.29, 1.82) is 0 Å². The first-order chi connectivity index (χ1) is 11.7. The van der Waals surface area contributed by atoms with E-state index in [1.54, 1.807) is 0 Å². The van der Waals surface area contributed by atoms with Gasteiger partial charge < -0.3 is 15.4 Å². The van der Waals surface area contributed by atoms with E-state index in [4.69, 9.17) is 4.74 Å². The average Bonchev–Trinajstić information content (AvgIpc) is 3.29. The molecule has 2 aliphatic rings. The number of anilines is 1. The maximum absolute atomic E-state index is 11.7. The predicted octanol–water partition coefficient (Wildman–Crippen LogP) is 2.20. The number of nitrogens with zero attached hydrogens (tertiary/aromatic N) is 2. The number of thioether (sulfide) groups is 1. The number of nitrogens with one attached hydrogen (secondary N) is 2. The summed E-state index contributed by atoms with van der Waals surface area (Å²) in [6.07, 6.45) is 8.23. The van der Waals surface area contributed by atoms with Crippen LogP contribution in [0.25, 0.3) is 0 Å². The number of carbonyl (C=O) groups excluding carboxylic acids is 2. The molecule has 3 rings (SSSR count). The standard InChI is InChI=1S/C15H22N4O3S2/c20-12(16-11-6-7-11)8-22-13(21)9-23-15-19-18-14(24-15)17-10-4-2-1-3-5-10/h10-11H,1-9H2,(H,16,20)(H,17,18). The summed E-state index contributed by atoms with van der Waals surface area (Å²) < 4.78 is 5.68. The first-order valence-corrected chi connectivity index (χ1v) is 10.2. The fourth-order valence-corrected chi connectivity index (χ4v) is 4.18. The lowest BCUT2D eigenvalue weighted by molar-refractivity contribution is -0.145. The van der Waals surface area contributed by atoms with Gasteiger partial charge in [0.2, 0.25) is 5.13 Å². The van der Waals surface area contributed by atoms with Gasteiger partial charge in [-0.25, -0.2) is 0 Å². The molecule has 0 spiro atoms. The second-order valence-electron chi connectivity index (χ2n) is 6.14. The van der Waals surface area contributed by atoms with Gasteiger partial charge >= 0.3 is 5.97 Å². The molecule has 1 amide bonds. The summed E-state index contributed by atoms with van der Waals surface area (Å²) in [4.78, 5) is 23.1. The maximum Gasteiger partial charge on any atom is 0.316 e. The van der Waals surface area contributed by atoms with Crippen LogP contribution in [0.1, 0.15) is 44.9 Å². The smallest absolute Gasteiger partial charge is 0.316 e. The minimum atomic E-state index is -0.414. The number of rotatable bonds is 8. The normalized spacial score (nSPS) is 18.2. The van der Waals surface area contributed by atoms with Crippen molar-refractivity contribution in [2.75, 3.05) is 17.7 Å². The van der Waals surface area contributed by atoms with E-state index < -0.39 is 5.97 Å². The highest BCUT2D eigenvalue weighted by atomic mass is 32.2. The molecule has 1 aromatic rings. The van der Waals surface area contributed by atoms with Gasteiger partial charge in [-0.3, -0.25) is 9.59 Å². The number of hydrogen-bond donors (Lipinski definition) is 2. The molecular formula is C15H22N4O3S2.